The number of hydrogen-bond donors (Lipinski definition) is 4. The summed E-state index contributed by atoms with van der Waals surface area (Å²) in [5.41, 5.74) is -0.695. The van der Waals surface area contributed by atoms with E-state index in [0.29, 0.717) is 30.0 Å². The van der Waals surface area contributed by atoms with Crippen molar-refractivity contribution in [3.8, 4) is 0 Å². The molecule has 38 heavy (non-hydrogen) atoms. The second kappa shape index (κ2) is 10.4. The van der Waals surface area contributed by atoms with Crippen LogP contribution in [0, 0.1) is 17.3 Å². The molecule has 1 aromatic carbocycles. The molecule has 2 fully saturated rings. The molecule has 0 bridgehead atoms. The highest BCUT2D eigenvalue weighted by molar-refractivity contribution is 6.31. The van der Waals surface area contributed by atoms with Gasteiger partial charge in [0, 0.05) is 28.7 Å². The number of rotatable bonds is 7. The summed E-state index contributed by atoms with van der Waals surface area (Å²) in [5.74, 6) is -2.27. The van der Waals surface area contributed by atoms with Crippen molar-refractivity contribution in [2.24, 2.45) is 17.3 Å². The molecule has 4 N–H and O–H groups in total. The van der Waals surface area contributed by atoms with Crippen molar-refractivity contribution in [2.45, 2.75) is 83.0 Å². The minimum atomic E-state index is -1.20. The fourth-order valence-electron chi connectivity index (χ4n) is 6.64. The van der Waals surface area contributed by atoms with Crippen molar-refractivity contribution in [3.05, 3.63) is 52.8 Å². The Morgan fingerprint density at radius 3 is 2.63 bits per heavy atom. The number of anilines is 1. The van der Waals surface area contributed by atoms with E-state index in [1.54, 1.807) is 25.1 Å². The topological polar surface area (TPSA) is 90.5 Å². The van der Waals surface area contributed by atoms with E-state index < -0.39 is 35.5 Å². The summed E-state index contributed by atoms with van der Waals surface area (Å²) in [5, 5.41) is 20.3. The second-order valence-electron chi connectivity index (χ2n) is 12.6. The Hall–Kier alpha value is -2.29. The van der Waals surface area contributed by atoms with Gasteiger partial charge in [-0.05, 0) is 61.3 Å². The van der Waals surface area contributed by atoms with Crippen LogP contribution in [0.25, 0.3) is 0 Å². The fourth-order valence-corrected chi connectivity index (χ4v) is 6.81. The molecule has 2 amide bonds. The van der Waals surface area contributed by atoms with Crippen LogP contribution in [-0.2, 0) is 15.0 Å². The summed E-state index contributed by atoms with van der Waals surface area (Å²) < 4.78 is 26.2. The highest BCUT2D eigenvalue weighted by atomic mass is 35.5. The fraction of sp³-hybridized carbons (Fsp3) is 0.586. The van der Waals surface area contributed by atoms with Gasteiger partial charge < -0.3 is 21.1 Å². The van der Waals surface area contributed by atoms with Crippen molar-refractivity contribution in [1.82, 2.24) is 10.6 Å². The maximum absolute atomic E-state index is 14.0. The van der Waals surface area contributed by atoms with Gasteiger partial charge in [0.2, 0.25) is 11.8 Å². The summed E-state index contributed by atoms with van der Waals surface area (Å²) in [6.07, 6.45) is 5.74. The Kier molecular flexibility index (Phi) is 7.83. The number of fused-ring (bicyclic) bond motifs is 2. The molecule has 1 saturated carbocycles. The molecule has 0 radical (unpaired) electrons. The molecule has 1 spiro atoms. The molecule has 1 aromatic rings. The minimum Gasteiger partial charge on any atom is -0.390 e. The van der Waals surface area contributed by atoms with E-state index >= 15 is 0 Å². The van der Waals surface area contributed by atoms with Crippen LogP contribution in [0.4, 0.5) is 14.5 Å². The van der Waals surface area contributed by atoms with Crippen molar-refractivity contribution in [2.75, 3.05) is 12.0 Å². The van der Waals surface area contributed by atoms with Gasteiger partial charge >= 0.3 is 0 Å². The number of carbonyl (C=O) groups is 2. The van der Waals surface area contributed by atoms with E-state index in [1.807, 2.05) is 13.0 Å². The number of benzene rings is 1. The number of nitrogens with one attached hydrogen (secondary N) is 3. The number of alkyl halides is 1. The maximum Gasteiger partial charge on any atom is 0.237 e. The van der Waals surface area contributed by atoms with Crippen molar-refractivity contribution in [3.63, 3.8) is 0 Å². The quantitative estimate of drug-likeness (QED) is 0.362. The molecule has 1 unspecified atom stereocenters. The van der Waals surface area contributed by atoms with Crippen LogP contribution in [-0.4, -0.2) is 47.3 Å². The normalized spacial score (nSPS) is 33.8. The summed E-state index contributed by atoms with van der Waals surface area (Å²) in [6, 6.07) is 4.03. The van der Waals surface area contributed by atoms with Gasteiger partial charge in [-0.1, -0.05) is 57.5 Å². The van der Waals surface area contributed by atoms with Crippen LogP contribution >= 0.6 is 11.6 Å². The molecule has 9 heteroatoms. The van der Waals surface area contributed by atoms with E-state index in [9.17, 15) is 23.5 Å². The lowest BCUT2D eigenvalue weighted by Gasteiger charge is -2.42. The Labute approximate surface area is 228 Å². The van der Waals surface area contributed by atoms with Gasteiger partial charge in [0.1, 0.15) is 12.5 Å². The van der Waals surface area contributed by atoms with E-state index in [2.05, 4.69) is 36.7 Å². The largest absolute Gasteiger partial charge is 0.390 e. The molecule has 5 atom stereocenters. The predicted molar refractivity (Wildman–Crippen MR) is 145 cm³/mol. The average Bonchev–Trinajstić information content (AvgIpc) is 3.26. The number of halogens is 3. The standard InChI is InChI=1S/C29H38ClF2N3O3/c1-16(7-6-8-18(32)15-31)23-24(25(36)33-19-12-28(5,38)13-19)35-22(14-27(2,3)4)29(23)20-10-9-17(30)11-21(20)34-26(29)37/h6-11,16,19,22-24,35,38H,12-15H2,1-5H3,(H,33,36)(H,34,37)/b7-6-,18-8+/t16?,19-,22-,23+,24-,28+,29+/m1/s1. The van der Waals surface area contributed by atoms with E-state index in [-0.39, 0.29) is 35.2 Å². The molecular weight excluding hydrogens is 512 g/mol. The van der Waals surface area contributed by atoms with Crippen LogP contribution in [0.5, 0.6) is 0 Å². The van der Waals surface area contributed by atoms with Crippen molar-refractivity contribution >= 4 is 29.1 Å². The molecule has 0 aromatic heterocycles. The Bertz CT molecular complexity index is 1150. The van der Waals surface area contributed by atoms with Crippen LogP contribution in [0.3, 0.4) is 0 Å². The Balaban J connectivity index is 1.81. The van der Waals surface area contributed by atoms with Crippen LogP contribution in [0.1, 0.15) is 59.4 Å². The monoisotopic (exact) mass is 549 g/mol. The maximum atomic E-state index is 14.0. The lowest BCUT2D eigenvalue weighted by atomic mass is 9.61. The summed E-state index contributed by atoms with van der Waals surface area (Å²) in [7, 11) is 0. The zero-order valence-electron chi connectivity index (χ0n) is 22.6. The minimum absolute atomic E-state index is 0.159. The van der Waals surface area contributed by atoms with Gasteiger partial charge in [0.25, 0.3) is 0 Å². The van der Waals surface area contributed by atoms with Crippen molar-refractivity contribution < 1.29 is 23.5 Å². The van der Waals surface area contributed by atoms with Crippen molar-refractivity contribution in [1.29, 1.82) is 0 Å². The number of allylic oxidation sites excluding steroid dienone is 4. The third kappa shape index (κ3) is 5.40. The third-order valence-electron chi connectivity index (χ3n) is 8.07. The average molecular weight is 550 g/mol. The lowest BCUT2D eigenvalue weighted by Crippen LogP contribution is -2.58. The van der Waals surface area contributed by atoms with Crippen LogP contribution in [0.2, 0.25) is 5.02 Å². The van der Waals surface area contributed by atoms with Crippen LogP contribution in [0.15, 0.2) is 42.3 Å². The van der Waals surface area contributed by atoms with Gasteiger partial charge in [-0.15, -0.1) is 0 Å². The molecule has 208 valence electrons. The highest BCUT2D eigenvalue weighted by Crippen LogP contribution is 2.55. The molecule has 1 aliphatic carbocycles. The number of hydrogen-bond acceptors (Lipinski definition) is 4. The predicted octanol–water partition coefficient (Wildman–Crippen LogP) is 4.97. The zero-order valence-corrected chi connectivity index (χ0v) is 23.3. The van der Waals surface area contributed by atoms with Gasteiger partial charge in [-0.25, -0.2) is 8.78 Å². The molecular formula is C29H38ClF2N3O3. The third-order valence-corrected chi connectivity index (χ3v) is 8.31. The van der Waals surface area contributed by atoms with Gasteiger partial charge in [0.05, 0.1) is 17.1 Å². The molecule has 3 aliphatic rings. The second-order valence-corrected chi connectivity index (χ2v) is 13.0. The summed E-state index contributed by atoms with van der Waals surface area (Å²) >= 11 is 6.27. The molecule has 2 aliphatic heterocycles. The van der Waals surface area contributed by atoms with E-state index in [4.69, 9.17) is 11.6 Å². The Morgan fingerprint density at radius 1 is 1.34 bits per heavy atom. The first-order chi connectivity index (χ1) is 17.7. The SMILES string of the molecule is CC(/C=C\C=C(\F)CF)[C@H]1[C@H](C(=O)N[C@H]2C[C@@](C)(O)C2)N[C@H](CC(C)(C)C)[C@]12C(=O)Nc1cc(Cl)ccc12. The molecule has 6 nitrogen and oxygen atoms in total. The smallest absolute Gasteiger partial charge is 0.237 e. The first-order valence-corrected chi connectivity index (χ1v) is 13.5. The highest BCUT2D eigenvalue weighted by Gasteiger charge is 2.66. The van der Waals surface area contributed by atoms with Crippen LogP contribution < -0.4 is 16.0 Å². The zero-order chi connectivity index (χ0) is 28.0. The summed E-state index contributed by atoms with van der Waals surface area (Å²) in [4.78, 5) is 27.8. The van der Waals surface area contributed by atoms with E-state index in [1.165, 1.54) is 6.08 Å². The lowest BCUT2D eigenvalue weighted by molar-refractivity contribution is -0.128. The number of aliphatic hydroxyl groups is 1. The Morgan fingerprint density at radius 2 is 2.03 bits per heavy atom. The number of carbonyl (C=O) groups excluding carboxylic acids is 2. The van der Waals surface area contributed by atoms with Gasteiger partial charge in [0.15, 0.2) is 0 Å². The number of amides is 2. The molecule has 1 saturated heterocycles. The van der Waals surface area contributed by atoms with E-state index in [0.717, 1.165) is 11.6 Å². The first-order valence-electron chi connectivity index (χ1n) is 13.2. The summed E-state index contributed by atoms with van der Waals surface area (Å²) in [6.45, 7) is 8.69. The first kappa shape index (κ1) is 28.7. The molecule has 2 heterocycles. The van der Waals surface area contributed by atoms with Gasteiger partial charge in [-0.3, -0.25) is 9.59 Å². The van der Waals surface area contributed by atoms with Gasteiger partial charge in [-0.2, -0.15) is 0 Å². The molecule has 4 rings (SSSR count).